The van der Waals surface area contributed by atoms with Gasteiger partial charge in [-0.3, -0.25) is 0 Å². The second-order valence-corrected chi connectivity index (χ2v) is 7.80. The van der Waals surface area contributed by atoms with Crippen molar-refractivity contribution in [2.75, 3.05) is 12.4 Å². The monoisotopic (exact) mass is 467 g/mol. The van der Waals surface area contributed by atoms with E-state index in [0.29, 0.717) is 5.13 Å². The number of hydrogen-bond donors (Lipinski definition) is 2. The zero-order valence-electron chi connectivity index (χ0n) is 19.3. The van der Waals surface area contributed by atoms with E-state index in [0.717, 1.165) is 16.7 Å². The summed E-state index contributed by atoms with van der Waals surface area (Å²) in [5, 5.41) is 18.9. The second kappa shape index (κ2) is 11.2. The van der Waals surface area contributed by atoms with E-state index in [1.54, 1.807) is 5.38 Å². The van der Waals surface area contributed by atoms with Crippen LogP contribution in [0.2, 0.25) is 0 Å². The number of benzene rings is 3. The van der Waals surface area contributed by atoms with E-state index in [1.165, 1.54) is 18.4 Å². The Kier molecular flexibility index (Phi) is 8.41. The number of thiazole rings is 1. The third-order valence-corrected chi connectivity index (χ3v) is 5.80. The van der Waals surface area contributed by atoms with Crippen LogP contribution in [0.25, 0.3) is 0 Å². The molecular weight excluding hydrogens is 445 g/mol. The first-order chi connectivity index (χ1) is 15.6. The SMILES string of the molecule is CON=C(C(=O)O)c1csc(NC(c2ccccc2)(c2ccccc2)c2ccccc2)n1.[H-].[Na+]. The summed E-state index contributed by atoms with van der Waals surface area (Å²) >= 11 is 1.31. The summed E-state index contributed by atoms with van der Waals surface area (Å²) in [6.07, 6.45) is 0. The van der Waals surface area contributed by atoms with Crippen LogP contribution >= 0.6 is 11.3 Å². The van der Waals surface area contributed by atoms with Crippen LogP contribution in [0.15, 0.2) is 102 Å². The average Bonchev–Trinajstić information content (AvgIpc) is 3.30. The van der Waals surface area contributed by atoms with Crippen LogP contribution in [-0.4, -0.2) is 28.9 Å². The molecule has 0 aliphatic carbocycles. The third kappa shape index (κ3) is 5.17. The largest absolute Gasteiger partial charge is 1.00 e. The molecule has 2 N–H and O–H groups in total. The zero-order chi connectivity index (χ0) is 22.4. The molecule has 4 aromatic rings. The predicted octanol–water partition coefficient (Wildman–Crippen LogP) is 2.10. The van der Waals surface area contributed by atoms with Gasteiger partial charge in [0.15, 0.2) is 5.13 Å². The van der Waals surface area contributed by atoms with Crippen molar-refractivity contribution in [2.24, 2.45) is 5.16 Å². The molecule has 0 unspecified atom stereocenters. The van der Waals surface area contributed by atoms with Crippen molar-refractivity contribution in [1.82, 2.24) is 4.98 Å². The Balaban J connectivity index is 0.00000204. The summed E-state index contributed by atoms with van der Waals surface area (Å²) < 4.78 is 0. The number of aliphatic carboxylic acids is 1. The van der Waals surface area contributed by atoms with Crippen molar-refractivity contribution < 1.29 is 45.7 Å². The molecule has 0 bridgehead atoms. The zero-order valence-corrected chi connectivity index (χ0v) is 21.1. The van der Waals surface area contributed by atoms with Gasteiger partial charge in [0.2, 0.25) is 5.71 Å². The van der Waals surface area contributed by atoms with E-state index in [4.69, 9.17) is 0 Å². The van der Waals surface area contributed by atoms with E-state index >= 15 is 0 Å². The molecule has 1 heterocycles. The van der Waals surface area contributed by atoms with Crippen molar-refractivity contribution in [2.45, 2.75) is 5.54 Å². The Morgan fingerprint density at radius 3 is 1.79 bits per heavy atom. The smallest absolute Gasteiger partial charge is 1.00 e. The number of carboxylic acid groups (broad SMARTS) is 1. The molecule has 0 radical (unpaired) electrons. The number of nitrogens with one attached hydrogen (secondary N) is 1. The first-order valence-electron chi connectivity index (χ1n) is 9.90. The van der Waals surface area contributed by atoms with Gasteiger partial charge in [0.05, 0.1) is 0 Å². The first kappa shape index (κ1) is 24.7. The molecule has 0 amide bonds. The molecule has 0 fully saturated rings. The maximum Gasteiger partial charge on any atom is 1.00 e. The van der Waals surface area contributed by atoms with Gasteiger partial charge >= 0.3 is 35.5 Å². The molecule has 0 spiro atoms. The van der Waals surface area contributed by atoms with E-state index in [9.17, 15) is 9.90 Å². The van der Waals surface area contributed by atoms with E-state index in [1.807, 2.05) is 54.6 Å². The molecule has 1 aromatic heterocycles. The van der Waals surface area contributed by atoms with Crippen molar-refractivity contribution in [3.63, 3.8) is 0 Å². The summed E-state index contributed by atoms with van der Waals surface area (Å²) in [5.41, 5.74) is 2.31. The standard InChI is InChI=1S/C25H21N3O3S.Na.H/c1-31-28-22(23(29)30)21-17-32-24(26-21)27-25(18-11-5-2-6-12-18,19-13-7-3-8-14-19)20-15-9-4-10-16-20;;/h2-17H,1H3,(H,26,27)(H,29,30);;/q;+1;-1. The van der Waals surface area contributed by atoms with Crippen molar-refractivity contribution in [1.29, 1.82) is 0 Å². The van der Waals surface area contributed by atoms with Gasteiger partial charge in [-0.1, -0.05) is 96.2 Å². The molecule has 0 atom stereocenters. The molecule has 0 aliphatic rings. The Morgan fingerprint density at radius 2 is 1.39 bits per heavy atom. The van der Waals surface area contributed by atoms with Crippen LogP contribution in [0.4, 0.5) is 5.13 Å². The molecule has 3 aromatic carbocycles. The normalized spacial score (nSPS) is 11.4. The number of carbonyl (C=O) groups is 1. The van der Waals surface area contributed by atoms with Gasteiger partial charge in [0, 0.05) is 5.38 Å². The topological polar surface area (TPSA) is 83.8 Å². The molecule has 0 saturated carbocycles. The van der Waals surface area contributed by atoms with Gasteiger partial charge in [0.25, 0.3) is 0 Å². The molecule has 6 nitrogen and oxygen atoms in total. The third-order valence-electron chi connectivity index (χ3n) is 5.05. The fourth-order valence-corrected chi connectivity index (χ4v) is 4.42. The van der Waals surface area contributed by atoms with Crippen molar-refractivity contribution >= 4 is 28.1 Å². The Morgan fingerprint density at radius 1 is 0.939 bits per heavy atom. The van der Waals surface area contributed by atoms with Crippen LogP contribution in [0.3, 0.4) is 0 Å². The fourth-order valence-electron chi connectivity index (χ4n) is 3.67. The molecule has 33 heavy (non-hydrogen) atoms. The minimum Gasteiger partial charge on any atom is -1.00 e. The van der Waals surface area contributed by atoms with Gasteiger partial charge < -0.3 is 16.7 Å². The molecule has 162 valence electrons. The number of hydrogen-bond acceptors (Lipinski definition) is 6. The number of oxime groups is 1. The Hall–Kier alpha value is -2.97. The van der Waals surface area contributed by atoms with Crippen LogP contribution in [0.5, 0.6) is 0 Å². The average molecular weight is 468 g/mol. The summed E-state index contributed by atoms with van der Waals surface area (Å²) in [7, 11) is 1.31. The van der Waals surface area contributed by atoms with Gasteiger partial charge in [-0.15, -0.1) is 11.3 Å². The molecule has 0 aliphatic heterocycles. The number of aromatic nitrogens is 1. The van der Waals surface area contributed by atoms with E-state index < -0.39 is 11.5 Å². The Bertz CT molecular complexity index is 1130. The second-order valence-electron chi connectivity index (χ2n) is 6.94. The van der Waals surface area contributed by atoms with Crippen LogP contribution in [0.1, 0.15) is 23.8 Å². The molecule has 8 heteroatoms. The number of anilines is 1. The number of nitrogens with zero attached hydrogens (tertiary/aromatic N) is 2. The van der Waals surface area contributed by atoms with E-state index in [2.05, 4.69) is 56.7 Å². The summed E-state index contributed by atoms with van der Waals surface area (Å²) in [6.45, 7) is 0. The van der Waals surface area contributed by atoms with Gasteiger partial charge in [-0.05, 0) is 16.7 Å². The van der Waals surface area contributed by atoms with Crippen molar-refractivity contribution in [3.05, 3.63) is 119 Å². The summed E-state index contributed by atoms with van der Waals surface area (Å²) in [4.78, 5) is 20.8. The van der Waals surface area contributed by atoms with Crippen LogP contribution < -0.4 is 34.9 Å². The minimum atomic E-state index is -1.20. The van der Waals surface area contributed by atoms with Crippen LogP contribution in [0, 0.1) is 0 Å². The molecule has 0 saturated heterocycles. The van der Waals surface area contributed by atoms with E-state index in [-0.39, 0.29) is 42.4 Å². The minimum absolute atomic E-state index is 0. The van der Waals surface area contributed by atoms with Gasteiger partial charge in [-0.25, -0.2) is 9.78 Å². The van der Waals surface area contributed by atoms with Gasteiger partial charge in [-0.2, -0.15) is 0 Å². The maximum absolute atomic E-state index is 11.6. The fraction of sp³-hybridized carbons (Fsp3) is 0.0800. The quantitative estimate of drug-likeness (QED) is 0.180. The van der Waals surface area contributed by atoms with Crippen molar-refractivity contribution in [3.8, 4) is 0 Å². The number of rotatable bonds is 8. The first-order valence-corrected chi connectivity index (χ1v) is 10.8. The Labute approximate surface area is 219 Å². The van der Waals surface area contributed by atoms with Crippen LogP contribution in [-0.2, 0) is 15.2 Å². The predicted molar refractivity (Wildman–Crippen MR) is 127 cm³/mol. The summed E-state index contributed by atoms with van der Waals surface area (Å²) in [5.74, 6) is -1.20. The van der Waals surface area contributed by atoms with Gasteiger partial charge in [0.1, 0.15) is 18.3 Å². The number of carboxylic acids is 1. The maximum atomic E-state index is 11.6. The molecular formula is C25H22N3NaO3S. The summed E-state index contributed by atoms with van der Waals surface area (Å²) in [6, 6.07) is 30.3. The molecule has 4 rings (SSSR count).